The average Bonchev–Trinajstić information content (AvgIpc) is 2.90. The molecule has 1 heterocycles. The predicted molar refractivity (Wildman–Crippen MR) is 141 cm³/mol. The molecule has 0 unspecified atom stereocenters. The Morgan fingerprint density at radius 3 is 1.89 bits per heavy atom. The maximum atomic E-state index is 13.5. The van der Waals surface area contributed by atoms with Crippen molar-refractivity contribution in [3.63, 3.8) is 0 Å². The number of rotatable bonds is 6. The zero-order valence-corrected chi connectivity index (χ0v) is 21.9. The molecule has 4 aliphatic carbocycles. The Labute approximate surface area is 221 Å². The van der Waals surface area contributed by atoms with E-state index >= 15 is 0 Å². The van der Waals surface area contributed by atoms with Gasteiger partial charge in [-0.1, -0.05) is 12.1 Å². The van der Waals surface area contributed by atoms with E-state index in [1.807, 2.05) is 12.1 Å². The number of benzene rings is 2. The van der Waals surface area contributed by atoms with Crippen molar-refractivity contribution in [2.75, 3.05) is 26.2 Å². The smallest absolute Gasteiger partial charge is 0.335 e. The summed E-state index contributed by atoms with van der Waals surface area (Å²) in [6.45, 7) is 0. The van der Waals surface area contributed by atoms with Gasteiger partial charge in [-0.3, -0.25) is 14.9 Å². The number of ether oxygens (including phenoxy) is 3. The van der Waals surface area contributed by atoms with Gasteiger partial charge < -0.3 is 14.2 Å². The molecule has 0 spiro atoms. The second-order valence-electron chi connectivity index (χ2n) is 11.1. The van der Waals surface area contributed by atoms with Crippen LogP contribution in [0, 0.1) is 17.8 Å². The summed E-state index contributed by atoms with van der Waals surface area (Å²) in [4.78, 5) is 40.2. The summed E-state index contributed by atoms with van der Waals surface area (Å²) in [5.41, 5.74) is 2.12. The van der Waals surface area contributed by atoms with Gasteiger partial charge in [0, 0.05) is 12.1 Å². The number of hydrogen-bond acceptors (Lipinski definition) is 6. The molecule has 1 N–H and O–H groups in total. The Morgan fingerprint density at radius 2 is 1.39 bits per heavy atom. The molecule has 8 nitrogen and oxygen atoms in total. The largest absolute Gasteiger partial charge is 0.496 e. The van der Waals surface area contributed by atoms with E-state index in [4.69, 9.17) is 14.2 Å². The molecule has 0 atom stereocenters. The fourth-order valence-electron chi connectivity index (χ4n) is 7.64. The third-order valence-corrected chi connectivity index (χ3v) is 8.92. The predicted octanol–water partition coefficient (Wildman–Crippen LogP) is 4.85. The van der Waals surface area contributed by atoms with E-state index in [2.05, 4.69) is 17.4 Å². The van der Waals surface area contributed by atoms with E-state index in [0.717, 1.165) is 22.7 Å². The minimum atomic E-state index is -0.777. The van der Waals surface area contributed by atoms with Crippen LogP contribution in [-0.2, 0) is 15.0 Å². The molecule has 1 saturated heterocycles. The molecular formula is C30H32N2O6. The minimum absolute atomic E-state index is 0.198. The summed E-state index contributed by atoms with van der Waals surface area (Å²) < 4.78 is 16.2. The quantitative estimate of drug-likeness (QED) is 0.436. The number of nitrogens with zero attached hydrogens (tertiary/aromatic N) is 1. The highest BCUT2D eigenvalue weighted by Gasteiger charge is 2.51. The lowest BCUT2D eigenvalue weighted by atomic mass is 9.48. The minimum Gasteiger partial charge on any atom is -0.496 e. The number of nitrogens with one attached hydrogen (secondary N) is 1. The number of methoxy groups -OCH3 is 3. The van der Waals surface area contributed by atoms with Gasteiger partial charge in [0.05, 0.1) is 32.6 Å². The molecule has 4 bridgehead atoms. The number of carbonyl (C=O) groups excluding carboxylic acids is 3. The van der Waals surface area contributed by atoms with Crippen molar-refractivity contribution in [3.05, 3.63) is 53.1 Å². The highest BCUT2D eigenvalue weighted by Crippen LogP contribution is 2.60. The molecule has 5 fully saturated rings. The fourth-order valence-corrected chi connectivity index (χ4v) is 7.64. The van der Waals surface area contributed by atoms with Crippen molar-refractivity contribution in [2.24, 2.45) is 17.8 Å². The van der Waals surface area contributed by atoms with Crippen molar-refractivity contribution >= 4 is 29.6 Å². The first kappa shape index (κ1) is 24.5. The Morgan fingerprint density at radius 1 is 0.842 bits per heavy atom. The van der Waals surface area contributed by atoms with Crippen LogP contribution in [0.1, 0.15) is 49.7 Å². The molecule has 38 heavy (non-hydrogen) atoms. The molecule has 8 heteroatoms. The van der Waals surface area contributed by atoms with Crippen molar-refractivity contribution < 1.29 is 28.6 Å². The maximum Gasteiger partial charge on any atom is 0.335 e. The second-order valence-corrected chi connectivity index (χ2v) is 11.1. The molecule has 2 aromatic rings. The lowest BCUT2D eigenvalue weighted by Gasteiger charge is -2.57. The molecule has 1 aliphatic heterocycles. The summed E-state index contributed by atoms with van der Waals surface area (Å²) in [5, 5.41) is 2.30. The van der Waals surface area contributed by atoms with Crippen molar-refractivity contribution in [2.45, 2.75) is 43.9 Å². The summed E-state index contributed by atoms with van der Waals surface area (Å²) in [6.07, 6.45) is 9.18. The van der Waals surface area contributed by atoms with Crippen LogP contribution in [0.4, 0.5) is 10.5 Å². The van der Waals surface area contributed by atoms with Gasteiger partial charge in [0.2, 0.25) is 0 Å². The van der Waals surface area contributed by atoms with Crippen molar-refractivity contribution in [1.82, 2.24) is 5.32 Å². The van der Waals surface area contributed by atoms with Crippen molar-refractivity contribution in [1.29, 1.82) is 0 Å². The molecule has 2 aromatic carbocycles. The van der Waals surface area contributed by atoms with Crippen LogP contribution >= 0.6 is 0 Å². The summed E-state index contributed by atoms with van der Waals surface area (Å²) in [5.74, 6) is 2.19. The van der Waals surface area contributed by atoms with Gasteiger partial charge >= 0.3 is 6.03 Å². The zero-order chi connectivity index (χ0) is 26.6. The number of barbiturate groups is 1. The summed E-state index contributed by atoms with van der Waals surface area (Å²) in [7, 11) is 4.46. The number of hydrogen-bond donors (Lipinski definition) is 1. The number of imide groups is 2. The first-order chi connectivity index (χ1) is 18.3. The Hall–Kier alpha value is -3.81. The fraction of sp³-hybridized carbons (Fsp3) is 0.433. The number of amides is 4. The third kappa shape index (κ3) is 3.94. The van der Waals surface area contributed by atoms with Gasteiger partial charge in [0.25, 0.3) is 11.8 Å². The molecule has 0 aromatic heterocycles. The van der Waals surface area contributed by atoms with E-state index in [-0.39, 0.29) is 11.0 Å². The lowest BCUT2D eigenvalue weighted by molar-refractivity contribution is -0.122. The normalized spacial score (nSPS) is 29.0. The zero-order valence-electron chi connectivity index (χ0n) is 21.9. The highest BCUT2D eigenvalue weighted by molar-refractivity contribution is 6.39. The van der Waals surface area contributed by atoms with Gasteiger partial charge in [0.1, 0.15) is 22.8 Å². The first-order valence-electron chi connectivity index (χ1n) is 13.2. The van der Waals surface area contributed by atoms with Crippen LogP contribution in [0.3, 0.4) is 0 Å². The molecule has 4 amide bonds. The van der Waals surface area contributed by atoms with E-state index in [1.165, 1.54) is 71.5 Å². The van der Waals surface area contributed by atoms with Gasteiger partial charge in [0.15, 0.2) is 0 Å². The molecule has 7 rings (SSSR count). The summed E-state index contributed by atoms with van der Waals surface area (Å²) >= 11 is 0. The second kappa shape index (κ2) is 9.19. The van der Waals surface area contributed by atoms with Crippen LogP contribution in [-0.4, -0.2) is 39.2 Å². The SMILES string of the molecule is COc1cc(OC)c(/C=C2\C(=O)NC(=O)N(c3ccc(C45CC6CC(CC(C6)C4)C5)cc3)C2=O)c(OC)c1. The summed E-state index contributed by atoms with van der Waals surface area (Å²) in [6, 6.07) is 10.3. The van der Waals surface area contributed by atoms with Crippen molar-refractivity contribution in [3.8, 4) is 17.2 Å². The van der Waals surface area contributed by atoms with Gasteiger partial charge in [-0.25, -0.2) is 9.69 Å². The standard InChI is InChI=1S/C30H32N2O6/c1-36-22-11-25(37-2)23(26(12-22)38-3)13-24-27(33)31-29(35)32(28(24)34)21-6-4-20(5-7-21)30-14-17-8-18(15-30)10-19(9-17)16-30/h4-7,11-13,17-19H,8-10,14-16H2,1-3H3,(H,31,33,35)/b24-13+. The van der Waals surface area contributed by atoms with Gasteiger partial charge in [-0.2, -0.15) is 0 Å². The first-order valence-corrected chi connectivity index (χ1v) is 13.2. The van der Waals surface area contributed by atoms with E-state index in [1.54, 1.807) is 12.1 Å². The van der Waals surface area contributed by atoms with Crippen LogP contribution in [0.15, 0.2) is 42.0 Å². The van der Waals surface area contributed by atoms with Crippen LogP contribution < -0.4 is 24.4 Å². The van der Waals surface area contributed by atoms with Gasteiger partial charge in [-0.15, -0.1) is 0 Å². The molecule has 0 radical (unpaired) electrons. The molecule has 5 aliphatic rings. The topological polar surface area (TPSA) is 94.2 Å². The Balaban J connectivity index is 1.32. The monoisotopic (exact) mass is 516 g/mol. The number of carbonyl (C=O) groups is 3. The lowest BCUT2D eigenvalue weighted by Crippen LogP contribution is -2.54. The molecular weight excluding hydrogens is 484 g/mol. The third-order valence-electron chi connectivity index (χ3n) is 8.92. The highest BCUT2D eigenvalue weighted by atomic mass is 16.5. The van der Waals surface area contributed by atoms with Crippen LogP contribution in [0.5, 0.6) is 17.2 Å². The van der Waals surface area contributed by atoms with E-state index in [9.17, 15) is 14.4 Å². The average molecular weight is 517 g/mol. The molecule has 198 valence electrons. The van der Waals surface area contributed by atoms with Crippen LogP contribution in [0.2, 0.25) is 0 Å². The van der Waals surface area contributed by atoms with E-state index in [0.29, 0.717) is 28.5 Å². The maximum absolute atomic E-state index is 13.5. The van der Waals surface area contributed by atoms with Crippen LogP contribution in [0.25, 0.3) is 6.08 Å². The Bertz CT molecular complexity index is 1280. The van der Waals surface area contributed by atoms with E-state index < -0.39 is 17.8 Å². The number of anilines is 1. The van der Waals surface area contributed by atoms with Gasteiger partial charge in [-0.05, 0) is 85.5 Å². The Kier molecular flexibility index (Phi) is 5.93. The molecule has 4 saturated carbocycles. The number of urea groups is 1.